The van der Waals surface area contributed by atoms with Crippen LogP contribution in [0.15, 0.2) is 53.2 Å². The quantitative estimate of drug-likeness (QED) is 0.455. The Morgan fingerprint density at radius 1 is 1.11 bits per heavy atom. The number of para-hydroxylation sites is 1. The van der Waals surface area contributed by atoms with Crippen molar-refractivity contribution in [2.24, 2.45) is 0 Å². The van der Waals surface area contributed by atoms with Crippen molar-refractivity contribution in [1.29, 1.82) is 0 Å². The van der Waals surface area contributed by atoms with Crippen LogP contribution in [0.5, 0.6) is 5.75 Å². The molecule has 0 spiro atoms. The van der Waals surface area contributed by atoms with E-state index < -0.39 is 0 Å². The molecule has 0 atom stereocenters. The van der Waals surface area contributed by atoms with Crippen LogP contribution in [0.25, 0.3) is 22.6 Å². The summed E-state index contributed by atoms with van der Waals surface area (Å²) >= 11 is 0. The molecule has 1 N–H and O–H groups in total. The first-order valence-electron chi connectivity index (χ1n) is 11.7. The highest BCUT2D eigenvalue weighted by Crippen LogP contribution is 2.39. The number of pyridine rings is 1. The number of hydrogen-bond acceptors (Lipinski definition) is 8. The van der Waals surface area contributed by atoms with Crippen LogP contribution in [0.2, 0.25) is 0 Å². The first-order valence-corrected chi connectivity index (χ1v) is 11.7. The molecule has 2 aliphatic rings. The molecule has 4 aromatic rings. The molecule has 1 amide bonds. The van der Waals surface area contributed by atoms with Crippen LogP contribution in [0.4, 0.5) is 5.82 Å². The lowest BCUT2D eigenvalue weighted by molar-refractivity contribution is 0.0740. The first-order chi connectivity index (χ1) is 17.2. The third-order valence-corrected chi connectivity index (χ3v) is 6.46. The second-order valence-corrected chi connectivity index (χ2v) is 8.78. The molecule has 10 nitrogen and oxygen atoms in total. The largest absolute Gasteiger partial charge is 0.496 e. The van der Waals surface area contributed by atoms with Crippen molar-refractivity contribution in [3.63, 3.8) is 0 Å². The van der Waals surface area contributed by atoms with E-state index in [2.05, 4.69) is 30.2 Å². The lowest BCUT2D eigenvalue weighted by Gasteiger charge is -2.35. The summed E-state index contributed by atoms with van der Waals surface area (Å²) in [4.78, 5) is 26.2. The number of amides is 1. The van der Waals surface area contributed by atoms with Crippen molar-refractivity contribution < 1.29 is 14.1 Å². The zero-order valence-electron chi connectivity index (χ0n) is 19.3. The van der Waals surface area contributed by atoms with E-state index >= 15 is 0 Å². The second-order valence-electron chi connectivity index (χ2n) is 8.78. The molecular weight excluding hydrogens is 446 g/mol. The van der Waals surface area contributed by atoms with Crippen molar-refractivity contribution in [3.05, 3.63) is 60.2 Å². The fraction of sp³-hybridized carbons (Fsp3) is 0.320. The number of hydrogen-bond donors (Lipinski definition) is 1. The summed E-state index contributed by atoms with van der Waals surface area (Å²) in [5.41, 5.74) is 2.82. The number of anilines is 1. The molecule has 2 fully saturated rings. The average molecular weight is 472 g/mol. The molecule has 6 rings (SSSR count). The van der Waals surface area contributed by atoms with E-state index in [9.17, 15) is 4.79 Å². The normalized spacial score (nSPS) is 15.9. The predicted octanol–water partition coefficient (Wildman–Crippen LogP) is 3.37. The molecule has 1 saturated carbocycles. The van der Waals surface area contributed by atoms with Crippen molar-refractivity contribution in [2.45, 2.75) is 18.8 Å². The Kier molecular flexibility index (Phi) is 5.40. The first kappa shape index (κ1) is 21.3. The maximum atomic E-state index is 13.1. The summed E-state index contributed by atoms with van der Waals surface area (Å²) in [6.07, 6.45) is 4.02. The van der Waals surface area contributed by atoms with Crippen LogP contribution in [0, 0.1) is 0 Å². The van der Waals surface area contributed by atoms with E-state index in [-0.39, 0.29) is 5.91 Å². The second kappa shape index (κ2) is 8.86. The maximum Gasteiger partial charge on any atom is 0.272 e. The molecule has 178 valence electrons. The summed E-state index contributed by atoms with van der Waals surface area (Å²) in [6.45, 7) is 2.58. The Balaban J connectivity index is 1.08. The number of nitrogens with zero attached hydrogens (tertiary/aromatic N) is 6. The number of aromatic nitrogens is 5. The van der Waals surface area contributed by atoms with Gasteiger partial charge in [0.15, 0.2) is 0 Å². The van der Waals surface area contributed by atoms with Gasteiger partial charge < -0.3 is 19.1 Å². The van der Waals surface area contributed by atoms with Gasteiger partial charge in [-0.25, -0.2) is 4.98 Å². The SMILES string of the molecule is COc1ccccc1-c1cc(C(=O)N2CCN(c3ccc(-c4noc(C5CC5)n4)cn3)CC2)[nH]n1. The smallest absolute Gasteiger partial charge is 0.272 e. The molecule has 0 unspecified atom stereocenters. The standard InChI is InChI=1S/C25H25N7O3/c1-34-21-5-3-2-4-18(21)19-14-20(29-28-19)25(33)32-12-10-31(11-13-32)22-9-8-17(15-26-22)23-27-24(35-30-23)16-6-7-16/h2-5,8-9,14-16H,6-7,10-13H2,1H3,(H,28,29). The van der Waals surface area contributed by atoms with Crippen LogP contribution in [-0.4, -0.2) is 69.4 Å². The van der Waals surface area contributed by atoms with E-state index in [0.29, 0.717) is 55.1 Å². The maximum absolute atomic E-state index is 13.1. The summed E-state index contributed by atoms with van der Waals surface area (Å²) in [5.74, 6) is 3.24. The number of aromatic amines is 1. The molecule has 0 bridgehead atoms. The van der Waals surface area contributed by atoms with Crippen molar-refractivity contribution in [1.82, 2.24) is 30.2 Å². The van der Waals surface area contributed by atoms with Gasteiger partial charge in [-0.2, -0.15) is 10.1 Å². The number of H-pyrrole nitrogens is 1. The molecule has 1 aliphatic carbocycles. The minimum absolute atomic E-state index is 0.0646. The van der Waals surface area contributed by atoms with Crippen molar-refractivity contribution in [2.75, 3.05) is 38.2 Å². The van der Waals surface area contributed by atoms with Gasteiger partial charge in [-0.05, 0) is 43.2 Å². The number of rotatable bonds is 6. The molecule has 10 heteroatoms. The number of ether oxygens (including phenoxy) is 1. The van der Waals surface area contributed by atoms with Crippen LogP contribution >= 0.6 is 0 Å². The minimum Gasteiger partial charge on any atom is -0.496 e. The van der Waals surface area contributed by atoms with Gasteiger partial charge in [-0.1, -0.05) is 17.3 Å². The summed E-state index contributed by atoms with van der Waals surface area (Å²) in [7, 11) is 1.62. The average Bonchev–Trinajstić information content (AvgIpc) is 3.44. The van der Waals surface area contributed by atoms with Crippen LogP contribution in [0.1, 0.15) is 35.1 Å². The summed E-state index contributed by atoms with van der Waals surface area (Å²) in [6, 6.07) is 13.3. The fourth-order valence-corrected chi connectivity index (χ4v) is 4.29. The monoisotopic (exact) mass is 471 g/mol. The van der Waals surface area contributed by atoms with Crippen molar-refractivity contribution >= 4 is 11.7 Å². The number of nitrogens with one attached hydrogen (secondary N) is 1. The molecule has 35 heavy (non-hydrogen) atoms. The molecule has 1 aliphatic heterocycles. The van der Waals surface area contributed by atoms with Crippen LogP contribution in [0.3, 0.4) is 0 Å². The van der Waals surface area contributed by atoms with Gasteiger partial charge in [0.05, 0.1) is 12.8 Å². The summed E-state index contributed by atoms with van der Waals surface area (Å²) < 4.78 is 10.8. The predicted molar refractivity (Wildman–Crippen MR) is 128 cm³/mol. The Morgan fingerprint density at radius 2 is 1.94 bits per heavy atom. The van der Waals surface area contributed by atoms with E-state index in [4.69, 9.17) is 9.26 Å². The Labute approximate surface area is 201 Å². The van der Waals surface area contributed by atoms with Gasteiger partial charge in [-0.3, -0.25) is 9.89 Å². The minimum atomic E-state index is -0.0646. The van der Waals surface area contributed by atoms with Crippen LogP contribution in [-0.2, 0) is 0 Å². The number of carbonyl (C=O) groups is 1. The zero-order chi connectivity index (χ0) is 23.8. The van der Waals surface area contributed by atoms with Crippen LogP contribution < -0.4 is 9.64 Å². The van der Waals surface area contributed by atoms with Gasteiger partial charge in [0.2, 0.25) is 11.7 Å². The molecule has 4 heterocycles. The molecule has 0 radical (unpaired) electrons. The van der Waals surface area contributed by atoms with Gasteiger partial charge in [0.25, 0.3) is 5.91 Å². The fourth-order valence-electron chi connectivity index (χ4n) is 4.29. The van der Waals surface area contributed by atoms with Gasteiger partial charge in [0, 0.05) is 49.4 Å². The van der Waals surface area contributed by atoms with Gasteiger partial charge in [0.1, 0.15) is 17.3 Å². The molecule has 3 aromatic heterocycles. The van der Waals surface area contributed by atoms with Gasteiger partial charge >= 0.3 is 0 Å². The highest BCUT2D eigenvalue weighted by atomic mass is 16.5. The Bertz CT molecular complexity index is 1340. The lowest BCUT2D eigenvalue weighted by Crippen LogP contribution is -2.49. The third kappa shape index (κ3) is 4.23. The van der Waals surface area contributed by atoms with Crippen molar-refractivity contribution in [3.8, 4) is 28.4 Å². The lowest BCUT2D eigenvalue weighted by atomic mass is 10.1. The molecule has 1 aromatic carbocycles. The number of methoxy groups -OCH3 is 1. The number of piperazine rings is 1. The summed E-state index contributed by atoms with van der Waals surface area (Å²) in [5, 5.41) is 11.3. The number of carbonyl (C=O) groups excluding carboxylic acids is 1. The number of benzene rings is 1. The third-order valence-electron chi connectivity index (χ3n) is 6.46. The Morgan fingerprint density at radius 3 is 2.69 bits per heavy atom. The van der Waals surface area contributed by atoms with Gasteiger partial charge in [-0.15, -0.1) is 0 Å². The molecule has 1 saturated heterocycles. The highest BCUT2D eigenvalue weighted by Gasteiger charge is 2.30. The molecular formula is C25H25N7O3. The van der Waals surface area contributed by atoms with E-state index in [0.717, 1.165) is 35.7 Å². The Hall–Kier alpha value is -4.21. The van der Waals surface area contributed by atoms with E-state index in [1.807, 2.05) is 41.3 Å². The van der Waals surface area contributed by atoms with E-state index in [1.54, 1.807) is 19.4 Å². The van der Waals surface area contributed by atoms with E-state index in [1.165, 1.54) is 0 Å². The topological polar surface area (TPSA) is 113 Å². The zero-order valence-corrected chi connectivity index (χ0v) is 19.3. The highest BCUT2D eigenvalue weighted by molar-refractivity contribution is 5.93.